The lowest BCUT2D eigenvalue weighted by molar-refractivity contribution is -0.113. The highest BCUT2D eigenvalue weighted by atomic mass is 32.2. The van der Waals surface area contributed by atoms with Gasteiger partial charge in [-0.15, -0.1) is 0 Å². The van der Waals surface area contributed by atoms with E-state index in [2.05, 4.69) is 10.2 Å². The van der Waals surface area contributed by atoms with Crippen molar-refractivity contribution in [1.82, 2.24) is 4.90 Å². The number of hydrogen-bond acceptors (Lipinski definition) is 3. The smallest absolute Gasteiger partial charge is 0.234 e. The van der Waals surface area contributed by atoms with Gasteiger partial charge in [-0.25, -0.2) is 0 Å². The second-order valence-electron chi connectivity index (χ2n) is 5.67. The summed E-state index contributed by atoms with van der Waals surface area (Å²) in [5.41, 5.74) is 2.04. The molecule has 0 saturated carbocycles. The summed E-state index contributed by atoms with van der Waals surface area (Å²) in [7, 11) is 0. The lowest BCUT2D eigenvalue weighted by Gasteiger charge is -2.19. The minimum Gasteiger partial charge on any atom is -0.325 e. The van der Waals surface area contributed by atoms with Crippen molar-refractivity contribution in [2.45, 2.75) is 32.6 Å². The molecule has 0 radical (unpaired) electrons. The van der Waals surface area contributed by atoms with Gasteiger partial charge in [-0.1, -0.05) is 31.0 Å². The van der Waals surface area contributed by atoms with Crippen molar-refractivity contribution in [2.24, 2.45) is 0 Å². The summed E-state index contributed by atoms with van der Waals surface area (Å²) in [6, 6.07) is 7.91. The topological polar surface area (TPSA) is 32.3 Å². The SMILES string of the molecule is Cc1ccccc1NC(=O)CSCCN1CCCCCC1. The molecule has 1 saturated heterocycles. The van der Waals surface area contributed by atoms with Gasteiger partial charge in [0.25, 0.3) is 0 Å². The van der Waals surface area contributed by atoms with Gasteiger partial charge in [0, 0.05) is 18.0 Å². The molecule has 0 atom stereocenters. The van der Waals surface area contributed by atoms with Crippen LogP contribution < -0.4 is 5.32 Å². The van der Waals surface area contributed by atoms with Crippen LogP contribution in [0.5, 0.6) is 0 Å². The third kappa shape index (κ3) is 6.10. The number of rotatable bonds is 6. The first-order valence-corrected chi connectivity index (χ1v) is 9.07. The number of benzene rings is 1. The molecule has 3 nitrogen and oxygen atoms in total. The highest BCUT2D eigenvalue weighted by Gasteiger charge is 2.09. The van der Waals surface area contributed by atoms with Crippen LogP contribution in [0.25, 0.3) is 0 Å². The Hall–Kier alpha value is -1.000. The van der Waals surface area contributed by atoms with E-state index >= 15 is 0 Å². The van der Waals surface area contributed by atoms with E-state index in [4.69, 9.17) is 0 Å². The van der Waals surface area contributed by atoms with Gasteiger partial charge in [-0.05, 0) is 44.5 Å². The van der Waals surface area contributed by atoms with E-state index in [-0.39, 0.29) is 5.91 Å². The zero-order valence-corrected chi connectivity index (χ0v) is 13.8. The number of para-hydroxylation sites is 1. The molecule has 1 heterocycles. The van der Waals surface area contributed by atoms with Gasteiger partial charge in [0.1, 0.15) is 0 Å². The van der Waals surface area contributed by atoms with E-state index in [1.807, 2.05) is 31.2 Å². The molecule has 1 aromatic rings. The van der Waals surface area contributed by atoms with Crippen LogP contribution in [0.2, 0.25) is 0 Å². The molecule has 0 unspecified atom stereocenters. The molecule has 21 heavy (non-hydrogen) atoms. The lowest BCUT2D eigenvalue weighted by atomic mass is 10.2. The Morgan fingerprint density at radius 2 is 1.90 bits per heavy atom. The van der Waals surface area contributed by atoms with E-state index in [9.17, 15) is 4.79 Å². The molecular formula is C17H26N2OS. The van der Waals surface area contributed by atoms with E-state index in [0.29, 0.717) is 5.75 Å². The van der Waals surface area contributed by atoms with Crippen molar-refractivity contribution >= 4 is 23.4 Å². The Balaban J connectivity index is 1.62. The molecular weight excluding hydrogens is 280 g/mol. The number of nitrogens with zero attached hydrogens (tertiary/aromatic N) is 1. The van der Waals surface area contributed by atoms with Crippen molar-refractivity contribution in [3.8, 4) is 0 Å². The van der Waals surface area contributed by atoms with E-state index < -0.39 is 0 Å². The molecule has 1 aromatic carbocycles. The van der Waals surface area contributed by atoms with Crippen molar-refractivity contribution in [2.75, 3.05) is 36.5 Å². The van der Waals surface area contributed by atoms with E-state index in [1.54, 1.807) is 11.8 Å². The number of carbonyl (C=O) groups excluding carboxylic acids is 1. The molecule has 0 spiro atoms. The van der Waals surface area contributed by atoms with Gasteiger partial charge in [0.05, 0.1) is 5.75 Å². The first-order chi connectivity index (χ1) is 10.3. The van der Waals surface area contributed by atoms with Crippen LogP contribution in [0.4, 0.5) is 5.69 Å². The van der Waals surface area contributed by atoms with Crippen LogP contribution in [0.15, 0.2) is 24.3 Å². The summed E-state index contributed by atoms with van der Waals surface area (Å²) in [5.74, 6) is 1.69. The first kappa shape index (κ1) is 16.4. The zero-order valence-electron chi connectivity index (χ0n) is 12.9. The molecule has 1 amide bonds. The summed E-state index contributed by atoms with van der Waals surface area (Å²) in [5, 5.41) is 2.99. The standard InChI is InChI=1S/C17H26N2OS/c1-15-8-4-5-9-16(15)18-17(20)14-21-13-12-19-10-6-2-3-7-11-19/h4-5,8-9H,2-3,6-7,10-14H2,1H3,(H,18,20). The van der Waals surface area contributed by atoms with Gasteiger partial charge in [-0.2, -0.15) is 11.8 Å². The molecule has 1 aliphatic rings. The summed E-state index contributed by atoms with van der Waals surface area (Å²) in [4.78, 5) is 14.5. The Morgan fingerprint density at radius 1 is 1.19 bits per heavy atom. The van der Waals surface area contributed by atoms with Crippen molar-refractivity contribution < 1.29 is 4.79 Å². The number of thioether (sulfide) groups is 1. The quantitative estimate of drug-likeness (QED) is 0.816. The molecule has 2 rings (SSSR count). The monoisotopic (exact) mass is 306 g/mol. The number of carbonyl (C=O) groups is 1. The molecule has 1 N–H and O–H groups in total. The van der Waals surface area contributed by atoms with Gasteiger partial charge in [0.15, 0.2) is 0 Å². The summed E-state index contributed by atoms with van der Waals surface area (Å²) in [6.07, 6.45) is 5.42. The summed E-state index contributed by atoms with van der Waals surface area (Å²) >= 11 is 1.73. The highest BCUT2D eigenvalue weighted by Crippen LogP contribution is 2.14. The number of anilines is 1. The second kappa shape index (κ2) is 9.11. The third-order valence-corrected chi connectivity index (χ3v) is 4.84. The number of likely N-dealkylation sites (tertiary alicyclic amines) is 1. The molecule has 1 aliphatic heterocycles. The largest absolute Gasteiger partial charge is 0.325 e. The minimum absolute atomic E-state index is 0.102. The van der Waals surface area contributed by atoms with Crippen LogP contribution in [-0.2, 0) is 4.79 Å². The zero-order chi connectivity index (χ0) is 14.9. The maximum atomic E-state index is 11.9. The molecule has 1 fully saturated rings. The van der Waals surface area contributed by atoms with Crippen LogP contribution in [-0.4, -0.2) is 41.9 Å². The second-order valence-corrected chi connectivity index (χ2v) is 6.78. The summed E-state index contributed by atoms with van der Waals surface area (Å²) in [6.45, 7) is 5.59. The van der Waals surface area contributed by atoms with Gasteiger partial charge in [0.2, 0.25) is 5.91 Å². The fourth-order valence-electron chi connectivity index (χ4n) is 2.62. The number of aryl methyl sites for hydroxylation is 1. The minimum atomic E-state index is 0.102. The lowest BCUT2D eigenvalue weighted by Crippen LogP contribution is -2.27. The molecule has 0 aliphatic carbocycles. The Bertz CT molecular complexity index is 442. The molecule has 116 valence electrons. The van der Waals surface area contributed by atoms with Crippen molar-refractivity contribution in [3.05, 3.63) is 29.8 Å². The number of hydrogen-bond donors (Lipinski definition) is 1. The van der Waals surface area contributed by atoms with E-state index in [0.717, 1.165) is 23.5 Å². The van der Waals surface area contributed by atoms with Crippen molar-refractivity contribution in [1.29, 1.82) is 0 Å². The molecule has 4 heteroatoms. The maximum Gasteiger partial charge on any atom is 0.234 e. The normalized spacial score (nSPS) is 16.4. The Kier molecular flexibility index (Phi) is 7.10. The maximum absolute atomic E-state index is 11.9. The average Bonchev–Trinajstić information content (AvgIpc) is 2.75. The molecule has 0 bridgehead atoms. The number of nitrogens with one attached hydrogen (secondary N) is 1. The van der Waals surface area contributed by atoms with Crippen LogP contribution in [0.3, 0.4) is 0 Å². The molecule has 0 aromatic heterocycles. The Morgan fingerprint density at radius 3 is 2.62 bits per heavy atom. The van der Waals surface area contributed by atoms with Crippen molar-refractivity contribution in [3.63, 3.8) is 0 Å². The third-order valence-electron chi connectivity index (χ3n) is 3.90. The van der Waals surface area contributed by atoms with Gasteiger partial charge in [-0.3, -0.25) is 4.79 Å². The van der Waals surface area contributed by atoms with Crippen LogP contribution in [0, 0.1) is 6.92 Å². The van der Waals surface area contributed by atoms with Gasteiger partial charge >= 0.3 is 0 Å². The fraction of sp³-hybridized carbons (Fsp3) is 0.588. The van der Waals surface area contributed by atoms with E-state index in [1.165, 1.54) is 38.8 Å². The Labute approximate surface area is 132 Å². The van der Waals surface area contributed by atoms with Gasteiger partial charge < -0.3 is 10.2 Å². The highest BCUT2D eigenvalue weighted by molar-refractivity contribution is 7.99. The average molecular weight is 306 g/mol. The fourth-order valence-corrected chi connectivity index (χ4v) is 3.41. The predicted octanol–water partition coefficient (Wildman–Crippen LogP) is 3.54. The predicted molar refractivity (Wildman–Crippen MR) is 92.0 cm³/mol. The number of amides is 1. The van der Waals surface area contributed by atoms with Crippen LogP contribution >= 0.6 is 11.8 Å². The summed E-state index contributed by atoms with van der Waals surface area (Å²) < 4.78 is 0. The van der Waals surface area contributed by atoms with Crippen LogP contribution in [0.1, 0.15) is 31.2 Å². The first-order valence-electron chi connectivity index (χ1n) is 7.91.